The summed E-state index contributed by atoms with van der Waals surface area (Å²) < 4.78 is 17.0. The number of hydrogen-bond donors (Lipinski definition) is 0. The fourth-order valence-electron chi connectivity index (χ4n) is 5.12. The predicted molar refractivity (Wildman–Crippen MR) is 205 cm³/mol. The third-order valence-electron chi connectivity index (χ3n) is 8.07. The summed E-state index contributed by atoms with van der Waals surface area (Å²) in [7, 11) is 0. The minimum absolute atomic E-state index is 0.0673. The van der Waals surface area contributed by atoms with Crippen molar-refractivity contribution in [2.24, 2.45) is 0 Å². The maximum Gasteiger partial charge on any atom is 0.306 e. The highest BCUT2D eigenvalue weighted by molar-refractivity contribution is 5.70. The van der Waals surface area contributed by atoms with Crippen LogP contribution in [0.4, 0.5) is 0 Å². The summed E-state index contributed by atoms with van der Waals surface area (Å²) in [4.78, 5) is 24.8. The molecule has 0 aliphatic heterocycles. The van der Waals surface area contributed by atoms with Gasteiger partial charge in [-0.2, -0.15) is 0 Å². The van der Waals surface area contributed by atoms with E-state index < -0.39 is 6.10 Å². The lowest BCUT2D eigenvalue weighted by molar-refractivity contribution is -0.163. The van der Waals surface area contributed by atoms with Crippen LogP contribution in [0, 0.1) is 0 Å². The van der Waals surface area contributed by atoms with Gasteiger partial charge in [0.2, 0.25) is 0 Å². The molecule has 0 heterocycles. The number of allylic oxidation sites excluding steroid dienone is 10. The molecule has 0 aromatic heterocycles. The van der Waals surface area contributed by atoms with E-state index in [4.69, 9.17) is 14.2 Å². The lowest BCUT2D eigenvalue weighted by atomic mass is 10.1. The molecule has 1 unspecified atom stereocenters. The minimum atomic E-state index is -0.550. The molecule has 276 valence electrons. The van der Waals surface area contributed by atoms with E-state index in [1.807, 2.05) is 0 Å². The van der Waals surface area contributed by atoms with Gasteiger partial charge in [0.25, 0.3) is 0 Å². The first-order chi connectivity index (χ1) is 23.6. The number of carbonyl (C=O) groups excluding carboxylic acids is 2. The van der Waals surface area contributed by atoms with Crippen LogP contribution in [0.25, 0.3) is 0 Å². The van der Waals surface area contributed by atoms with Gasteiger partial charge in [-0.15, -0.1) is 0 Å². The van der Waals surface area contributed by atoms with E-state index in [1.54, 1.807) is 0 Å². The van der Waals surface area contributed by atoms with Gasteiger partial charge in [0.1, 0.15) is 6.61 Å². The van der Waals surface area contributed by atoms with E-state index in [0.29, 0.717) is 19.4 Å². The van der Waals surface area contributed by atoms with Crippen LogP contribution in [-0.4, -0.2) is 37.9 Å². The summed E-state index contributed by atoms with van der Waals surface area (Å²) >= 11 is 0. The van der Waals surface area contributed by atoms with Crippen molar-refractivity contribution >= 4 is 11.9 Å². The van der Waals surface area contributed by atoms with Gasteiger partial charge < -0.3 is 14.2 Å². The number of rotatable bonds is 35. The van der Waals surface area contributed by atoms with Crippen molar-refractivity contribution in [3.8, 4) is 0 Å². The first kappa shape index (κ1) is 45.6. The molecule has 0 saturated carbocycles. The van der Waals surface area contributed by atoms with Gasteiger partial charge in [-0.25, -0.2) is 0 Å². The zero-order valence-electron chi connectivity index (χ0n) is 31.5. The Bertz CT molecular complexity index is 853. The minimum Gasteiger partial charge on any atom is -0.462 e. The molecule has 0 aromatic rings. The van der Waals surface area contributed by atoms with Crippen LogP contribution in [0.1, 0.15) is 175 Å². The van der Waals surface area contributed by atoms with Crippen LogP contribution in [0.2, 0.25) is 0 Å². The third-order valence-corrected chi connectivity index (χ3v) is 8.07. The molecule has 0 aliphatic rings. The van der Waals surface area contributed by atoms with Crippen LogP contribution < -0.4 is 0 Å². The van der Waals surface area contributed by atoms with Crippen molar-refractivity contribution in [2.75, 3.05) is 19.8 Å². The lowest BCUT2D eigenvalue weighted by Gasteiger charge is -2.18. The van der Waals surface area contributed by atoms with Crippen molar-refractivity contribution in [3.05, 3.63) is 60.8 Å². The normalized spacial score (nSPS) is 12.8. The molecule has 0 aromatic carbocycles. The van der Waals surface area contributed by atoms with Crippen molar-refractivity contribution in [2.45, 2.75) is 181 Å². The number of esters is 2. The second-order valence-corrected chi connectivity index (χ2v) is 12.8. The van der Waals surface area contributed by atoms with E-state index >= 15 is 0 Å². The average Bonchev–Trinajstić information content (AvgIpc) is 3.08. The highest BCUT2D eigenvalue weighted by Crippen LogP contribution is 2.12. The molecule has 0 fully saturated rings. The first-order valence-electron chi connectivity index (χ1n) is 19.8. The molecular formula is C43H74O5. The third kappa shape index (κ3) is 36.4. The van der Waals surface area contributed by atoms with Crippen molar-refractivity contribution in [3.63, 3.8) is 0 Å². The van der Waals surface area contributed by atoms with Gasteiger partial charge in [0, 0.05) is 19.4 Å². The van der Waals surface area contributed by atoms with Crippen LogP contribution in [0.3, 0.4) is 0 Å². The second-order valence-electron chi connectivity index (χ2n) is 12.8. The Morgan fingerprint density at radius 3 is 1.46 bits per heavy atom. The van der Waals surface area contributed by atoms with Gasteiger partial charge in [0.05, 0.1) is 6.61 Å². The first-order valence-corrected chi connectivity index (χ1v) is 19.8. The second kappa shape index (κ2) is 39.0. The molecule has 0 spiro atoms. The van der Waals surface area contributed by atoms with Gasteiger partial charge in [-0.05, 0) is 64.2 Å². The fraction of sp³-hybridized carbons (Fsp3) is 0.721. The van der Waals surface area contributed by atoms with Crippen LogP contribution in [-0.2, 0) is 23.8 Å². The van der Waals surface area contributed by atoms with E-state index in [9.17, 15) is 9.59 Å². The number of hydrogen-bond acceptors (Lipinski definition) is 5. The highest BCUT2D eigenvalue weighted by Gasteiger charge is 2.17. The Balaban J connectivity index is 4.18. The van der Waals surface area contributed by atoms with Gasteiger partial charge in [-0.3, -0.25) is 9.59 Å². The number of unbranched alkanes of at least 4 members (excludes halogenated alkanes) is 14. The SMILES string of the molecule is CC/C=C\C/C=C\C/C=C\C/C=C\C/C=C\CCCCOCC(COC(=O)CCCCCCCCCCC)OC(=O)CCCCCCC. The Labute approximate surface area is 296 Å². The summed E-state index contributed by atoms with van der Waals surface area (Å²) in [5.41, 5.74) is 0. The van der Waals surface area contributed by atoms with Crippen molar-refractivity contribution in [1.29, 1.82) is 0 Å². The van der Waals surface area contributed by atoms with Crippen molar-refractivity contribution in [1.82, 2.24) is 0 Å². The zero-order chi connectivity index (χ0) is 35.0. The number of carbonyl (C=O) groups is 2. The smallest absolute Gasteiger partial charge is 0.306 e. The predicted octanol–water partition coefficient (Wildman–Crippen LogP) is 12.7. The molecule has 5 heteroatoms. The Hall–Kier alpha value is -2.40. The Morgan fingerprint density at radius 1 is 0.479 bits per heavy atom. The molecular weight excluding hydrogens is 596 g/mol. The quantitative estimate of drug-likeness (QED) is 0.0381. The van der Waals surface area contributed by atoms with E-state index in [2.05, 4.69) is 81.5 Å². The molecule has 0 bridgehead atoms. The molecule has 0 N–H and O–H groups in total. The van der Waals surface area contributed by atoms with E-state index in [1.165, 1.54) is 57.8 Å². The summed E-state index contributed by atoms with van der Waals surface area (Å²) in [6, 6.07) is 0. The zero-order valence-corrected chi connectivity index (χ0v) is 31.5. The maximum atomic E-state index is 12.5. The Morgan fingerprint density at radius 2 is 0.938 bits per heavy atom. The molecule has 0 saturated heterocycles. The summed E-state index contributed by atoms with van der Waals surface area (Å²) in [6.07, 6.45) is 46.8. The highest BCUT2D eigenvalue weighted by atomic mass is 16.6. The molecule has 5 nitrogen and oxygen atoms in total. The largest absolute Gasteiger partial charge is 0.462 e. The summed E-state index contributed by atoms with van der Waals surface area (Å²) in [5, 5.41) is 0. The molecule has 1 atom stereocenters. The van der Waals surface area contributed by atoms with Gasteiger partial charge in [-0.1, -0.05) is 159 Å². The van der Waals surface area contributed by atoms with Crippen LogP contribution >= 0.6 is 0 Å². The summed E-state index contributed by atoms with van der Waals surface area (Å²) in [5.74, 6) is -0.441. The van der Waals surface area contributed by atoms with Crippen molar-refractivity contribution < 1.29 is 23.8 Å². The maximum absolute atomic E-state index is 12.5. The van der Waals surface area contributed by atoms with Gasteiger partial charge in [0.15, 0.2) is 6.10 Å². The van der Waals surface area contributed by atoms with Gasteiger partial charge >= 0.3 is 11.9 Å². The lowest BCUT2D eigenvalue weighted by Crippen LogP contribution is -2.30. The molecule has 0 radical (unpaired) electrons. The Kier molecular flexibility index (Phi) is 37.1. The molecule has 0 amide bonds. The monoisotopic (exact) mass is 671 g/mol. The average molecular weight is 671 g/mol. The van der Waals surface area contributed by atoms with E-state index in [-0.39, 0.29) is 25.2 Å². The molecule has 0 rings (SSSR count). The van der Waals surface area contributed by atoms with Crippen LogP contribution in [0.5, 0.6) is 0 Å². The number of ether oxygens (including phenoxy) is 3. The topological polar surface area (TPSA) is 61.8 Å². The molecule has 48 heavy (non-hydrogen) atoms. The van der Waals surface area contributed by atoms with E-state index in [0.717, 1.165) is 83.5 Å². The standard InChI is InChI=1S/C43H74O5/c1-4-7-10-13-15-17-18-19-20-21-22-23-24-25-27-29-32-35-38-46-39-41(48-43(45)37-34-30-12-9-6-3)40-47-42(44)36-33-31-28-26-16-14-11-8-5-2/h7,10,15,17,19-20,22-23,25,27,41H,4-6,8-9,11-14,16,18,21,24,26,28-40H2,1-3H3/b10-7-,17-15-,20-19-,23-22-,27-25-. The summed E-state index contributed by atoms with van der Waals surface area (Å²) in [6.45, 7) is 7.50. The van der Waals surface area contributed by atoms with Crippen LogP contribution in [0.15, 0.2) is 60.8 Å². The molecule has 0 aliphatic carbocycles. The fourth-order valence-corrected chi connectivity index (χ4v) is 5.12.